The molecular formula is C21H20FNO4. The lowest BCUT2D eigenvalue weighted by molar-refractivity contribution is -0.150. The minimum absolute atomic E-state index is 0.0500. The molecule has 0 radical (unpaired) electrons. The van der Waals surface area contributed by atoms with E-state index in [1.54, 1.807) is 0 Å². The van der Waals surface area contributed by atoms with Crippen LogP contribution in [-0.4, -0.2) is 35.5 Å². The fourth-order valence-corrected chi connectivity index (χ4v) is 4.12. The molecule has 0 bridgehead atoms. The topological polar surface area (TPSA) is 75.6 Å². The summed E-state index contributed by atoms with van der Waals surface area (Å²) in [6.07, 6.45) is -0.688. The van der Waals surface area contributed by atoms with E-state index < -0.39 is 23.8 Å². The van der Waals surface area contributed by atoms with Crippen molar-refractivity contribution in [1.82, 2.24) is 5.32 Å². The van der Waals surface area contributed by atoms with Crippen molar-refractivity contribution in [3.8, 4) is 11.1 Å². The predicted octanol–water partition coefficient (Wildman–Crippen LogP) is 3.87. The van der Waals surface area contributed by atoms with Crippen LogP contribution in [0.4, 0.5) is 9.18 Å². The van der Waals surface area contributed by atoms with Crippen LogP contribution in [0.3, 0.4) is 0 Å². The van der Waals surface area contributed by atoms with Crippen LogP contribution in [0.5, 0.6) is 0 Å². The van der Waals surface area contributed by atoms with E-state index in [2.05, 4.69) is 17.4 Å². The Morgan fingerprint density at radius 1 is 1.11 bits per heavy atom. The molecule has 0 aromatic heterocycles. The number of ether oxygens (including phenoxy) is 1. The summed E-state index contributed by atoms with van der Waals surface area (Å²) in [4.78, 5) is 23.1. The average molecular weight is 369 g/mol. The molecule has 1 saturated carbocycles. The average Bonchev–Trinajstić information content (AvgIpc) is 3.19. The van der Waals surface area contributed by atoms with Crippen LogP contribution < -0.4 is 5.32 Å². The maximum Gasteiger partial charge on any atom is 0.407 e. The van der Waals surface area contributed by atoms with E-state index in [9.17, 15) is 14.0 Å². The molecule has 2 atom stereocenters. The third kappa shape index (κ3) is 3.16. The highest BCUT2D eigenvalue weighted by Crippen LogP contribution is 2.44. The van der Waals surface area contributed by atoms with Crippen LogP contribution in [0.25, 0.3) is 11.1 Å². The number of aliphatic carboxylic acids is 1. The molecule has 27 heavy (non-hydrogen) atoms. The van der Waals surface area contributed by atoms with Gasteiger partial charge in [0.25, 0.3) is 0 Å². The van der Waals surface area contributed by atoms with Gasteiger partial charge in [0.2, 0.25) is 5.67 Å². The van der Waals surface area contributed by atoms with Crippen LogP contribution >= 0.6 is 0 Å². The Kier molecular flexibility index (Phi) is 4.34. The zero-order chi connectivity index (χ0) is 19.0. The minimum Gasteiger partial charge on any atom is -0.479 e. The highest BCUT2D eigenvalue weighted by Gasteiger charge is 2.46. The number of carbonyl (C=O) groups is 2. The summed E-state index contributed by atoms with van der Waals surface area (Å²) in [6.45, 7) is 0.173. The number of fused-ring (bicyclic) bond motifs is 3. The summed E-state index contributed by atoms with van der Waals surface area (Å²) in [5.74, 6) is -1.52. The second-order valence-electron chi connectivity index (χ2n) is 7.18. The van der Waals surface area contributed by atoms with E-state index in [4.69, 9.17) is 9.84 Å². The fraction of sp³-hybridized carbons (Fsp3) is 0.333. The largest absolute Gasteiger partial charge is 0.479 e. The number of hydrogen-bond donors (Lipinski definition) is 2. The molecule has 4 rings (SSSR count). The lowest BCUT2D eigenvalue weighted by atomic mass is 9.98. The maximum atomic E-state index is 14.1. The van der Waals surface area contributed by atoms with Crippen molar-refractivity contribution in [1.29, 1.82) is 0 Å². The molecule has 0 heterocycles. The molecule has 0 spiro atoms. The van der Waals surface area contributed by atoms with Crippen molar-refractivity contribution in [2.45, 2.75) is 36.9 Å². The van der Waals surface area contributed by atoms with E-state index in [1.807, 2.05) is 36.4 Å². The molecule has 2 aromatic rings. The number of amides is 1. The Labute approximate surface area is 156 Å². The first-order valence-corrected chi connectivity index (χ1v) is 9.02. The van der Waals surface area contributed by atoms with Gasteiger partial charge >= 0.3 is 12.1 Å². The second kappa shape index (κ2) is 6.68. The second-order valence-corrected chi connectivity index (χ2v) is 7.18. The molecule has 6 heteroatoms. The van der Waals surface area contributed by atoms with Crippen molar-refractivity contribution in [3.63, 3.8) is 0 Å². The Bertz CT molecular complexity index is 854. The summed E-state index contributed by atoms with van der Waals surface area (Å²) in [6, 6.07) is 15.5. The summed E-state index contributed by atoms with van der Waals surface area (Å²) in [5, 5.41) is 11.5. The van der Waals surface area contributed by atoms with Gasteiger partial charge in [0.05, 0.1) is 0 Å². The van der Waals surface area contributed by atoms with Gasteiger partial charge in [0.15, 0.2) is 0 Å². The van der Waals surface area contributed by atoms with E-state index in [-0.39, 0.29) is 31.8 Å². The van der Waals surface area contributed by atoms with Crippen molar-refractivity contribution < 1.29 is 23.8 Å². The molecule has 1 amide bonds. The van der Waals surface area contributed by atoms with Gasteiger partial charge < -0.3 is 15.2 Å². The zero-order valence-corrected chi connectivity index (χ0v) is 14.7. The van der Waals surface area contributed by atoms with Crippen LogP contribution in [0.2, 0.25) is 0 Å². The van der Waals surface area contributed by atoms with Gasteiger partial charge in [-0.2, -0.15) is 0 Å². The summed E-state index contributed by atoms with van der Waals surface area (Å²) >= 11 is 0. The molecule has 1 fully saturated rings. The number of alkyl carbamates (subject to hydrolysis) is 1. The van der Waals surface area contributed by atoms with Gasteiger partial charge in [0, 0.05) is 18.4 Å². The number of carboxylic acids is 1. The van der Waals surface area contributed by atoms with Crippen LogP contribution in [0, 0.1) is 0 Å². The summed E-state index contributed by atoms with van der Waals surface area (Å²) in [5.41, 5.74) is 2.24. The number of alkyl halides is 1. The molecule has 0 saturated heterocycles. The van der Waals surface area contributed by atoms with E-state index in [0.717, 1.165) is 22.3 Å². The molecule has 2 aromatic carbocycles. The van der Waals surface area contributed by atoms with E-state index in [1.165, 1.54) is 0 Å². The third-order valence-corrected chi connectivity index (χ3v) is 5.51. The number of hydrogen-bond acceptors (Lipinski definition) is 3. The Morgan fingerprint density at radius 2 is 1.70 bits per heavy atom. The SMILES string of the molecule is O=C(NC1CCC(F)(C(=O)O)C1)OCC1c2ccccc2-c2ccccc21. The number of nitrogens with one attached hydrogen (secondary N) is 1. The van der Waals surface area contributed by atoms with Crippen molar-refractivity contribution in [2.75, 3.05) is 6.61 Å². The number of carbonyl (C=O) groups excluding carboxylic acids is 1. The predicted molar refractivity (Wildman–Crippen MR) is 97.3 cm³/mol. The van der Waals surface area contributed by atoms with Crippen LogP contribution in [-0.2, 0) is 9.53 Å². The normalized spacial score (nSPS) is 23.5. The molecule has 2 unspecified atom stereocenters. The van der Waals surface area contributed by atoms with E-state index >= 15 is 0 Å². The monoisotopic (exact) mass is 369 g/mol. The van der Waals surface area contributed by atoms with Crippen LogP contribution in [0.1, 0.15) is 36.3 Å². The standard InChI is InChI=1S/C21H20FNO4/c22-21(19(24)25)10-9-13(11-21)23-20(26)27-12-18-16-7-3-1-5-14(16)15-6-2-4-8-17(15)18/h1-8,13,18H,9-12H2,(H,23,26)(H,24,25). The molecule has 2 N–H and O–H groups in total. The fourth-order valence-electron chi connectivity index (χ4n) is 4.12. The van der Waals surface area contributed by atoms with Crippen molar-refractivity contribution in [2.24, 2.45) is 0 Å². The van der Waals surface area contributed by atoms with Gasteiger partial charge in [-0.3, -0.25) is 0 Å². The van der Waals surface area contributed by atoms with E-state index in [0.29, 0.717) is 0 Å². The first kappa shape index (κ1) is 17.5. The van der Waals surface area contributed by atoms with Gasteiger partial charge in [-0.15, -0.1) is 0 Å². The molecule has 5 nitrogen and oxygen atoms in total. The first-order chi connectivity index (χ1) is 13.0. The highest BCUT2D eigenvalue weighted by atomic mass is 19.1. The Morgan fingerprint density at radius 3 is 2.26 bits per heavy atom. The molecule has 2 aliphatic rings. The molecule has 2 aliphatic carbocycles. The lowest BCUT2D eigenvalue weighted by Gasteiger charge is -2.17. The molecule has 0 aliphatic heterocycles. The number of rotatable bonds is 4. The lowest BCUT2D eigenvalue weighted by Crippen LogP contribution is -2.37. The van der Waals surface area contributed by atoms with Gasteiger partial charge in [-0.05, 0) is 35.1 Å². The number of benzene rings is 2. The van der Waals surface area contributed by atoms with Gasteiger partial charge in [0.1, 0.15) is 6.61 Å². The first-order valence-electron chi connectivity index (χ1n) is 9.02. The van der Waals surface area contributed by atoms with Gasteiger partial charge in [-0.25, -0.2) is 14.0 Å². The zero-order valence-electron chi connectivity index (χ0n) is 14.7. The van der Waals surface area contributed by atoms with Crippen molar-refractivity contribution >= 4 is 12.1 Å². The van der Waals surface area contributed by atoms with Gasteiger partial charge in [-0.1, -0.05) is 48.5 Å². The Balaban J connectivity index is 1.41. The molecular weight excluding hydrogens is 349 g/mol. The smallest absolute Gasteiger partial charge is 0.407 e. The summed E-state index contributed by atoms with van der Waals surface area (Å²) in [7, 11) is 0. The number of carboxylic acid groups (broad SMARTS) is 1. The highest BCUT2D eigenvalue weighted by molar-refractivity contribution is 5.79. The minimum atomic E-state index is -2.26. The summed E-state index contributed by atoms with van der Waals surface area (Å²) < 4.78 is 19.5. The molecule has 140 valence electrons. The van der Waals surface area contributed by atoms with Crippen molar-refractivity contribution in [3.05, 3.63) is 59.7 Å². The quantitative estimate of drug-likeness (QED) is 0.858. The Hall–Kier alpha value is -2.89. The van der Waals surface area contributed by atoms with Crippen LogP contribution in [0.15, 0.2) is 48.5 Å². The third-order valence-electron chi connectivity index (χ3n) is 5.51. The maximum absolute atomic E-state index is 14.1. The number of halogens is 1.